The molecule has 0 aromatic carbocycles. The lowest BCUT2D eigenvalue weighted by Gasteiger charge is -2.38. The number of nitrogens with zero attached hydrogens (tertiary/aromatic N) is 3. The molecule has 19 heavy (non-hydrogen) atoms. The number of anilines is 1. The highest BCUT2D eigenvalue weighted by Gasteiger charge is 2.36. The first kappa shape index (κ1) is 12.0. The summed E-state index contributed by atoms with van der Waals surface area (Å²) in [4.78, 5) is 11.7. The lowest BCUT2D eigenvalue weighted by molar-refractivity contribution is 0.360. The summed E-state index contributed by atoms with van der Waals surface area (Å²) in [5.74, 6) is 3.51. The number of rotatable bonds is 2. The number of aromatic nitrogens is 2. The Morgan fingerprint density at radius 3 is 2.74 bits per heavy atom. The van der Waals surface area contributed by atoms with E-state index in [1.54, 1.807) is 0 Å². The standard InChI is InChI=1S/C15H20ClN3/c16-13-9-14(18-15(17-13)11-6-7-11)19-8-2-4-10-3-1-5-12(10)19/h9-12H,1-8H2. The van der Waals surface area contributed by atoms with Crippen LogP contribution in [0.5, 0.6) is 0 Å². The summed E-state index contributed by atoms with van der Waals surface area (Å²) in [6.45, 7) is 1.14. The third-order valence-electron chi connectivity index (χ3n) is 4.93. The highest BCUT2D eigenvalue weighted by atomic mass is 35.5. The van der Waals surface area contributed by atoms with Gasteiger partial charge < -0.3 is 4.90 Å². The average molecular weight is 278 g/mol. The maximum Gasteiger partial charge on any atom is 0.135 e. The Hall–Kier alpha value is -0.830. The largest absolute Gasteiger partial charge is 0.353 e. The first-order chi connectivity index (χ1) is 9.31. The second kappa shape index (κ2) is 4.62. The van der Waals surface area contributed by atoms with Crippen molar-refractivity contribution in [3.8, 4) is 0 Å². The van der Waals surface area contributed by atoms with Crippen LogP contribution in [-0.2, 0) is 0 Å². The third kappa shape index (κ3) is 2.22. The summed E-state index contributed by atoms with van der Waals surface area (Å²) in [6, 6.07) is 2.67. The van der Waals surface area contributed by atoms with Crippen molar-refractivity contribution < 1.29 is 0 Å². The molecule has 1 aromatic rings. The van der Waals surface area contributed by atoms with E-state index >= 15 is 0 Å². The molecule has 0 N–H and O–H groups in total. The first-order valence-electron chi connectivity index (χ1n) is 7.62. The van der Waals surface area contributed by atoms with Crippen LogP contribution >= 0.6 is 11.6 Å². The van der Waals surface area contributed by atoms with Gasteiger partial charge in [0, 0.05) is 24.6 Å². The van der Waals surface area contributed by atoms with Crippen LogP contribution in [0, 0.1) is 5.92 Å². The topological polar surface area (TPSA) is 29.0 Å². The number of piperidine rings is 1. The number of halogens is 1. The maximum absolute atomic E-state index is 6.21. The van der Waals surface area contributed by atoms with Crippen molar-refractivity contribution >= 4 is 17.4 Å². The van der Waals surface area contributed by atoms with E-state index < -0.39 is 0 Å². The van der Waals surface area contributed by atoms with E-state index in [0.717, 1.165) is 24.1 Å². The Labute approximate surface area is 119 Å². The van der Waals surface area contributed by atoms with Gasteiger partial charge in [-0.2, -0.15) is 0 Å². The lowest BCUT2D eigenvalue weighted by Crippen LogP contribution is -2.43. The molecule has 0 bridgehead atoms. The number of fused-ring (bicyclic) bond motifs is 1. The fourth-order valence-electron chi connectivity index (χ4n) is 3.83. The van der Waals surface area contributed by atoms with Gasteiger partial charge >= 0.3 is 0 Å². The minimum absolute atomic E-state index is 0.571. The molecule has 1 aliphatic heterocycles. The van der Waals surface area contributed by atoms with Gasteiger partial charge in [-0.25, -0.2) is 9.97 Å². The van der Waals surface area contributed by atoms with Crippen molar-refractivity contribution in [1.29, 1.82) is 0 Å². The maximum atomic E-state index is 6.21. The van der Waals surface area contributed by atoms with Gasteiger partial charge in [0.1, 0.15) is 16.8 Å². The van der Waals surface area contributed by atoms with Crippen molar-refractivity contribution in [1.82, 2.24) is 9.97 Å². The summed E-state index contributed by atoms with van der Waals surface area (Å²) in [7, 11) is 0. The Morgan fingerprint density at radius 1 is 1.05 bits per heavy atom. The highest BCUT2D eigenvalue weighted by molar-refractivity contribution is 6.29. The number of hydrogen-bond acceptors (Lipinski definition) is 3. The van der Waals surface area contributed by atoms with Crippen LogP contribution in [0.1, 0.15) is 56.7 Å². The molecule has 2 unspecified atom stereocenters. The molecule has 1 aromatic heterocycles. The monoisotopic (exact) mass is 277 g/mol. The second-order valence-electron chi connectivity index (χ2n) is 6.28. The van der Waals surface area contributed by atoms with Crippen LogP contribution in [0.4, 0.5) is 5.82 Å². The smallest absolute Gasteiger partial charge is 0.135 e. The van der Waals surface area contributed by atoms with Crippen LogP contribution in [0.25, 0.3) is 0 Å². The molecule has 2 saturated carbocycles. The Kier molecular flexibility index (Phi) is 2.91. The SMILES string of the molecule is Clc1cc(N2CCCC3CCCC32)nc(C2CC2)n1. The van der Waals surface area contributed by atoms with E-state index in [0.29, 0.717) is 17.1 Å². The lowest BCUT2D eigenvalue weighted by atomic mass is 9.92. The zero-order chi connectivity index (χ0) is 12.8. The van der Waals surface area contributed by atoms with E-state index in [2.05, 4.69) is 9.88 Å². The van der Waals surface area contributed by atoms with Crippen molar-refractivity contribution in [2.45, 2.75) is 56.9 Å². The molecule has 4 heteroatoms. The van der Waals surface area contributed by atoms with E-state index in [1.165, 1.54) is 44.9 Å². The molecule has 3 aliphatic rings. The van der Waals surface area contributed by atoms with E-state index in [9.17, 15) is 0 Å². The molecular weight excluding hydrogens is 258 g/mol. The Morgan fingerprint density at radius 2 is 1.89 bits per heavy atom. The minimum atomic E-state index is 0.571. The fourth-order valence-corrected chi connectivity index (χ4v) is 4.02. The molecule has 2 atom stereocenters. The van der Waals surface area contributed by atoms with Gasteiger partial charge in [-0.05, 0) is 44.4 Å². The summed E-state index contributed by atoms with van der Waals surface area (Å²) in [6.07, 6.45) is 9.25. The highest BCUT2D eigenvalue weighted by Crippen LogP contribution is 2.41. The van der Waals surface area contributed by atoms with Crippen LogP contribution < -0.4 is 4.90 Å². The average Bonchev–Trinajstić information content (AvgIpc) is 3.15. The van der Waals surface area contributed by atoms with Crippen LogP contribution in [0.3, 0.4) is 0 Å². The van der Waals surface area contributed by atoms with Crippen molar-refractivity contribution in [2.75, 3.05) is 11.4 Å². The molecule has 3 nitrogen and oxygen atoms in total. The summed E-state index contributed by atoms with van der Waals surface area (Å²) >= 11 is 6.21. The molecule has 0 amide bonds. The Bertz CT molecular complexity index is 486. The Balaban J connectivity index is 1.66. The first-order valence-corrected chi connectivity index (χ1v) is 8.00. The predicted octanol–water partition coefficient (Wildman–Crippen LogP) is 3.78. The fraction of sp³-hybridized carbons (Fsp3) is 0.733. The molecule has 0 spiro atoms. The molecule has 2 heterocycles. The third-order valence-corrected chi connectivity index (χ3v) is 5.12. The van der Waals surface area contributed by atoms with Crippen LogP contribution in [-0.4, -0.2) is 22.6 Å². The van der Waals surface area contributed by atoms with Gasteiger partial charge in [-0.15, -0.1) is 0 Å². The van der Waals surface area contributed by atoms with E-state index in [4.69, 9.17) is 16.6 Å². The molecule has 4 rings (SSSR count). The van der Waals surface area contributed by atoms with Crippen molar-refractivity contribution in [3.63, 3.8) is 0 Å². The van der Waals surface area contributed by atoms with E-state index in [1.807, 2.05) is 6.07 Å². The van der Waals surface area contributed by atoms with Gasteiger partial charge in [0.25, 0.3) is 0 Å². The van der Waals surface area contributed by atoms with Gasteiger partial charge in [-0.3, -0.25) is 0 Å². The zero-order valence-electron chi connectivity index (χ0n) is 11.2. The van der Waals surface area contributed by atoms with Gasteiger partial charge in [0.15, 0.2) is 0 Å². The minimum Gasteiger partial charge on any atom is -0.353 e. The second-order valence-corrected chi connectivity index (χ2v) is 6.66. The predicted molar refractivity (Wildman–Crippen MR) is 76.7 cm³/mol. The van der Waals surface area contributed by atoms with Gasteiger partial charge in [0.05, 0.1) is 0 Å². The summed E-state index contributed by atoms with van der Waals surface area (Å²) in [5.41, 5.74) is 0. The van der Waals surface area contributed by atoms with Gasteiger partial charge in [-0.1, -0.05) is 18.0 Å². The van der Waals surface area contributed by atoms with Crippen molar-refractivity contribution in [3.05, 3.63) is 17.0 Å². The van der Waals surface area contributed by atoms with Gasteiger partial charge in [0.2, 0.25) is 0 Å². The zero-order valence-corrected chi connectivity index (χ0v) is 11.9. The molecule has 3 fully saturated rings. The molecule has 1 saturated heterocycles. The normalized spacial score (nSPS) is 30.5. The molecule has 102 valence electrons. The van der Waals surface area contributed by atoms with E-state index in [-0.39, 0.29) is 0 Å². The molecule has 2 aliphatic carbocycles. The summed E-state index contributed by atoms with van der Waals surface area (Å²) < 4.78 is 0. The van der Waals surface area contributed by atoms with Crippen LogP contribution in [0.15, 0.2) is 6.07 Å². The van der Waals surface area contributed by atoms with Crippen molar-refractivity contribution in [2.24, 2.45) is 5.92 Å². The molecule has 0 radical (unpaired) electrons. The summed E-state index contributed by atoms with van der Waals surface area (Å²) in [5, 5.41) is 0.618. The molecular formula is C15H20ClN3. The number of hydrogen-bond donors (Lipinski definition) is 0. The van der Waals surface area contributed by atoms with Crippen LogP contribution in [0.2, 0.25) is 5.15 Å². The quantitative estimate of drug-likeness (QED) is 0.771.